The van der Waals surface area contributed by atoms with Gasteiger partial charge in [-0.15, -0.1) is 0 Å². The van der Waals surface area contributed by atoms with Crippen LogP contribution in [0.5, 0.6) is 0 Å². The highest BCUT2D eigenvalue weighted by molar-refractivity contribution is 8.21. The number of rotatable bonds is 3. The van der Waals surface area contributed by atoms with E-state index in [-0.39, 0.29) is 5.41 Å². The third kappa shape index (κ3) is 3.29. The molecule has 1 aromatic carbocycles. The molecule has 0 radical (unpaired) electrons. The van der Waals surface area contributed by atoms with Gasteiger partial charge in [0, 0.05) is 30.1 Å². The fraction of sp³-hybridized carbons (Fsp3) is 0.588. The number of hydrogen-bond donors (Lipinski definition) is 0. The Morgan fingerprint density at radius 3 is 2.68 bits per heavy atom. The Morgan fingerprint density at radius 2 is 2.05 bits per heavy atom. The molecule has 2 heterocycles. The molecule has 5 heteroatoms. The van der Waals surface area contributed by atoms with E-state index in [1.54, 1.807) is 0 Å². The van der Waals surface area contributed by atoms with Crippen molar-refractivity contribution >= 4 is 32.7 Å². The summed E-state index contributed by atoms with van der Waals surface area (Å²) in [5, 5.41) is 0. The molecule has 0 spiro atoms. The molecular weight excluding hydrogens is 316 g/mol. The van der Waals surface area contributed by atoms with Crippen molar-refractivity contribution in [3.05, 3.63) is 24.0 Å². The first-order valence-electron chi connectivity index (χ1n) is 7.86. The van der Waals surface area contributed by atoms with Crippen LogP contribution in [0.3, 0.4) is 0 Å². The largest absolute Gasteiger partial charge is 0.381 e. The minimum atomic E-state index is 0.0262. The average molecular weight is 339 g/mol. The lowest BCUT2D eigenvalue weighted by Crippen LogP contribution is -2.25. The third-order valence-electron chi connectivity index (χ3n) is 4.26. The lowest BCUT2D eigenvalue weighted by molar-refractivity contribution is 0.0611. The van der Waals surface area contributed by atoms with E-state index in [1.807, 2.05) is 0 Å². The highest BCUT2D eigenvalue weighted by atomic mass is 35.7. The van der Waals surface area contributed by atoms with Crippen LogP contribution in [0.1, 0.15) is 39.4 Å². The zero-order chi connectivity index (χ0) is 15.7. The normalized spacial score (nSPS) is 17.3. The number of ether oxygens (including phenoxy) is 1. The molecular formula is C17H23ClN2OS. The Kier molecular flexibility index (Phi) is 4.72. The number of nitrogens with zero attached hydrogens (tertiary/aromatic N) is 2. The predicted octanol–water partition coefficient (Wildman–Crippen LogP) is 5.01. The monoisotopic (exact) mass is 338 g/mol. The Balaban J connectivity index is 2.04. The number of imidazole rings is 1. The number of hydrogen-bond acceptors (Lipinski definition) is 3. The fourth-order valence-electron chi connectivity index (χ4n) is 3.10. The summed E-state index contributed by atoms with van der Waals surface area (Å²) in [5.41, 5.74) is 2.28. The van der Waals surface area contributed by atoms with Crippen molar-refractivity contribution in [2.75, 3.05) is 13.2 Å². The molecule has 0 saturated carbocycles. The second kappa shape index (κ2) is 6.42. The summed E-state index contributed by atoms with van der Waals surface area (Å²) in [6, 6.07) is 6.32. The summed E-state index contributed by atoms with van der Waals surface area (Å²) in [6.45, 7) is 9.48. The number of fused-ring (bicyclic) bond motifs is 1. The summed E-state index contributed by atoms with van der Waals surface area (Å²) >= 11 is 0. The maximum absolute atomic E-state index is 5.89. The van der Waals surface area contributed by atoms with E-state index in [0.717, 1.165) is 48.8 Å². The molecule has 1 aromatic heterocycles. The molecule has 0 N–H and O–H groups in total. The van der Waals surface area contributed by atoms with Crippen molar-refractivity contribution in [3.8, 4) is 0 Å². The molecule has 1 saturated heterocycles. The predicted molar refractivity (Wildman–Crippen MR) is 93.7 cm³/mol. The standard InChI is InChI=1S/C17H23ClN2OS/c1-17(2,3)16-19-14-10-13(22-18)4-5-15(14)20(16)11-12-6-8-21-9-7-12/h4-5,10,12H,6-9,11H2,1-3H3. The van der Waals surface area contributed by atoms with Gasteiger partial charge in [-0.3, -0.25) is 0 Å². The maximum Gasteiger partial charge on any atom is 0.115 e. The molecule has 0 unspecified atom stereocenters. The molecule has 0 aliphatic carbocycles. The highest BCUT2D eigenvalue weighted by Gasteiger charge is 2.25. The van der Waals surface area contributed by atoms with Crippen LogP contribution in [-0.4, -0.2) is 22.8 Å². The second-order valence-corrected chi connectivity index (χ2v) is 8.17. The van der Waals surface area contributed by atoms with Gasteiger partial charge < -0.3 is 9.30 Å². The molecule has 120 valence electrons. The lowest BCUT2D eigenvalue weighted by atomic mass is 9.94. The molecule has 0 atom stereocenters. The first-order chi connectivity index (χ1) is 10.5. The van der Waals surface area contributed by atoms with Gasteiger partial charge >= 0.3 is 0 Å². The van der Waals surface area contributed by atoms with Gasteiger partial charge in [-0.25, -0.2) is 4.98 Å². The van der Waals surface area contributed by atoms with E-state index in [1.165, 1.54) is 16.5 Å². The van der Waals surface area contributed by atoms with Gasteiger partial charge in [-0.1, -0.05) is 20.8 Å². The van der Waals surface area contributed by atoms with Crippen LogP contribution in [0.2, 0.25) is 0 Å². The van der Waals surface area contributed by atoms with Gasteiger partial charge in [0.2, 0.25) is 0 Å². The summed E-state index contributed by atoms with van der Waals surface area (Å²) in [7, 11) is 7.14. The van der Waals surface area contributed by atoms with Gasteiger partial charge in [0.15, 0.2) is 0 Å². The highest BCUT2D eigenvalue weighted by Crippen LogP contribution is 2.32. The summed E-state index contributed by atoms with van der Waals surface area (Å²) in [6.07, 6.45) is 2.28. The van der Waals surface area contributed by atoms with Crippen molar-refractivity contribution in [1.82, 2.24) is 9.55 Å². The van der Waals surface area contributed by atoms with Crippen LogP contribution < -0.4 is 0 Å². The Hall–Kier alpha value is -0.710. The maximum atomic E-state index is 5.89. The first kappa shape index (κ1) is 16.2. The molecule has 1 aliphatic heterocycles. The molecule has 3 nitrogen and oxygen atoms in total. The van der Waals surface area contributed by atoms with Gasteiger partial charge in [-0.05, 0) is 58.6 Å². The van der Waals surface area contributed by atoms with Crippen molar-refractivity contribution in [2.45, 2.75) is 50.5 Å². The zero-order valence-corrected chi connectivity index (χ0v) is 15.0. The first-order valence-corrected chi connectivity index (χ1v) is 9.50. The zero-order valence-electron chi connectivity index (χ0n) is 13.4. The molecule has 0 bridgehead atoms. The minimum absolute atomic E-state index is 0.0262. The number of benzene rings is 1. The summed E-state index contributed by atoms with van der Waals surface area (Å²) in [4.78, 5) is 5.96. The average Bonchev–Trinajstić information content (AvgIpc) is 2.86. The van der Waals surface area contributed by atoms with Crippen LogP contribution in [0.4, 0.5) is 0 Å². The Bertz CT molecular complexity index is 656. The van der Waals surface area contributed by atoms with Crippen LogP contribution in [0.25, 0.3) is 11.0 Å². The molecule has 22 heavy (non-hydrogen) atoms. The molecule has 1 fully saturated rings. The van der Waals surface area contributed by atoms with Gasteiger partial charge in [-0.2, -0.15) is 0 Å². The molecule has 2 aromatic rings. The molecule has 0 amide bonds. The van der Waals surface area contributed by atoms with Gasteiger partial charge in [0.1, 0.15) is 5.82 Å². The Labute approximate surface area is 140 Å². The summed E-state index contributed by atoms with van der Waals surface area (Å²) < 4.78 is 7.90. The number of halogens is 1. The molecule has 1 aliphatic rings. The van der Waals surface area contributed by atoms with Crippen LogP contribution in [0, 0.1) is 5.92 Å². The van der Waals surface area contributed by atoms with E-state index >= 15 is 0 Å². The van der Waals surface area contributed by atoms with Crippen LogP contribution in [-0.2, 0) is 16.7 Å². The van der Waals surface area contributed by atoms with E-state index in [2.05, 4.69) is 43.5 Å². The van der Waals surface area contributed by atoms with Crippen molar-refractivity contribution in [3.63, 3.8) is 0 Å². The molecule has 3 rings (SSSR count). The van der Waals surface area contributed by atoms with Gasteiger partial charge in [0.05, 0.1) is 11.0 Å². The van der Waals surface area contributed by atoms with E-state index in [4.69, 9.17) is 20.4 Å². The Morgan fingerprint density at radius 1 is 1.32 bits per heavy atom. The SMILES string of the molecule is CC(C)(C)c1nc2cc(SCl)ccc2n1CC1CCOCC1. The third-order valence-corrected chi connectivity index (χ3v) is 5.23. The van der Waals surface area contributed by atoms with Crippen molar-refractivity contribution in [1.29, 1.82) is 0 Å². The van der Waals surface area contributed by atoms with Crippen LogP contribution in [0.15, 0.2) is 23.1 Å². The van der Waals surface area contributed by atoms with Crippen LogP contribution >= 0.6 is 21.7 Å². The lowest BCUT2D eigenvalue weighted by Gasteiger charge is -2.26. The summed E-state index contributed by atoms with van der Waals surface area (Å²) in [5.74, 6) is 1.83. The minimum Gasteiger partial charge on any atom is -0.381 e. The van der Waals surface area contributed by atoms with Gasteiger partial charge in [0.25, 0.3) is 0 Å². The smallest absolute Gasteiger partial charge is 0.115 e. The quantitative estimate of drug-likeness (QED) is 0.787. The van der Waals surface area contributed by atoms with E-state index in [9.17, 15) is 0 Å². The second-order valence-electron chi connectivity index (χ2n) is 7.08. The fourth-order valence-corrected chi connectivity index (χ4v) is 3.67. The van der Waals surface area contributed by atoms with E-state index < -0.39 is 0 Å². The van der Waals surface area contributed by atoms with Crippen molar-refractivity contribution in [2.24, 2.45) is 5.92 Å². The van der Waals surface area contributed by atoms with Crippen molar-refractivity contribution < 1.29 is 4.74 Å². The van der Waals surface area contributed by atoms with E-state index in [0.29, 0.717) is 5.92 Å². The topological polar surface area (TPSA) is 27.1 Å². The number of aromatic nitrogens is 2.